The molecule has 0 aliphatic heterocycles. The molecule has 1 aromatic heterocycles. The van der Waals surface area contributed by atoms with Crippen molar-refractivity contribution < 1.29 is 14.6 Å². The fourth-order valence-corrected chi connectivity index (χ4v) is 2.06. The van der Waals surface area contributed by atoms with Crippen LogP contribution in [0.4, 0.5) is 0 Å². The third kappa shape index (κ3) is 4.92. The molecule has 2 rings (SSSR count). The summed E-state index contributed by atoms with van der Waals surface area (Å²) in [4.78, 5) is 15.0. The summed E-state index contributed by atoms with van der Waals surface area (Å²) in [7, 11) is 0. The van der Waals surface area contributed by atoms with Crippen molar-refractivity contribution in [3.05, 3.63) is 59.4 Å². The quantitative estimate of drug-likeness (QED) is 0.576. The molecular weight excluding hydrogens is 292 g/mol. The van der Waals surface area contributed by atoms with Crippen molar-refractivity contribution in [3.63, 3.8) is 0 Å². The molecule has 2 aromatic rings. The van der Waals surface area contributed by atoms with E-state index in [4.69, 9.17) is 15.3 Å². The van der Waals surface area contributed by atoms with Gasteiger partial charge in [0.1, 0.15) is 5.75 Å². The number of hydrogen-bond donors (Lipinski definition) is 2. The highest BCUT2D eigenvalue weighted by Crippen LogP contribution is 2.14. The number of benzene rings is 1. The summed E-state index contributed by atoms with van der Waals surface area (Å²) in [6.07, 6.45) is 3.93. The molecule has 0 unspecified atom stereocenters. The maximum absolute atomic E-state index is 11.0. The molecule has 1 aromatic carbocycles. The molecule has 0 bridgehead atoms. The van der Waals surface area contributed by atoms with Gasteiger partial charge in [0.2, 0.25) is 0 Å². The Balaban J connectivity index is 2.00. The van der Waals surface area contributed by atoms with Gasteiger partial charge in [-0.2, -0.15) is 0 Å². The standard InChI is InChI=1S/C18H20N2O3/c1-2-3-10-23-15-6-4-13(5-7-15)11-16(19)17-12-14(18(21)22)8-9-20-17/h4-9,12,19H,2-3,10-11H2,1H3,(H,21,22). The highest BCUT2D eigenvalue weighted by atomic mass is 16.5. The van der Waals surface area contributed by atoms with Gasteiger partial charge in [-0.3, -0.25) is 4.98 Å². The number of aromatic nitrogens is 1. The van der Waals surface area contributed by atoms with E-state index >= 15 is 0 Å². The van der Waals surface area contributed by atoms with Crippen LogP contribution in [-0.2, 0) is 6.42 Å². The molecule has 0 radical (unpaired) electrons. The van der Waals surface area contributed by atoms with Crippen LogP contribution in [0.25, 0.3) is 0 Å². The summed E-state index contributed by atoms with van der Waals surface area (Å²) in [5, 5.41) is 17.1. The predicted octanol–water partition coefficient (Wildman–Crippen LogP) is 3.57. The molecule has 0 spiro atoms. The maximum atomic E-state index is 11.0. The Morgan fingerprint density at radius 1 is 1.26 bits per heavy atom. The summed E-state index contributed by atoms with van der Waals surface area (Å²) in [5.41, 5.74) is 1.76. The van der Waals surface area contributed by atoms with Gasteiger partial charge >= 0.3 is 5.97 Å². The van der Waals surface area contributed by atoms with E-state index in [-0.39, 0.29) is 11.3 Å². The first-order chi connectivity index (χ1) is 11.1. The zero-order chi connectivity index (χ0) is 16.7. The predicted molar refractivity (Wildman–Crippen MR) is 88.6 cm³/mol. The lowest BCUT2D eigenvalue weighted by Gasteiger charge is -2.07. The van der Waals surface area contributed by atoms with Gasteiger partial charge < -0.3 is 15.3 Å². The van der Waals surface area contributed by atoms with Crippen LogP contribution < -0.4 is 4.74 Å². The Morgan fingerprint density at radius 3 is 2.65 bits per heavy atom. The lowest BCUT2D eigenvalue weighted by atomic mass is 10.0. The number of carbonyl (C=O) groups is 1. The second kappa shape index (κ2) is 8.08. The van der Waals surface area contributed by atoms with Crippen LogP contribution in [0.1, 0.15) is 41.4 Å². The molecule has 0 amide bonds. The summed E-state index contributed by atoms with van der Waals surface area (Å²) in [6.45, 7) is 2.82. The van der Waals surface area contributed by atoms with Gasteiger partial charge in [0.25, 0.3) is 0 Å². The Labute approximate surface area is 135 Å². The van der Waals surface area contributed by atoms with E-state index in [1.807, 2.05) is 24.3 Å². The summed E-state index contributed by atoms with van der Waals surface area (Å²) < 4.78 is 5.60. The highest BCUT2D eigenvalue weighted by Gasteiger charge is 2.09. The monoisotopic (exact) mass is 312 g/mol. The molecular formula is C18H20N2O3. The van der Waals surface area contributed by atoms with Crippen molar-refractivity contribution >= 4 is 11.7 Å². The highest BCUT2D eigenvalue weighted by molar-refractivity contribution is 5.99. The number of rotatable bonds is 8. The smallest absolute Gasteiger partial charge is 0.335 e. The van der Waals surface area contributed by atoms with Gasteiger partial charge in [-0.15, -0.1) is 0 Å². The number of nitrogens with zero attached hydrogens (tertiary/aromatic N) is 1. The van der Waals surface area contributed by atoms with Crippen molar-refractivity contribution in [3.8, 4) is 5.75 Å². The minimum Gasteiger partial charge on any atom is -0.494 e. The summed E-state index contributed by atoms with van der Waals surface area (Å²) >= 11 is 0. The van der Waals surface area contributed by atoms with Crippen LogP contribution in [-0.4, -0.2) is 28.4 Å². The van der Waals surface area contributed by atoms with Gasteiger partial charge in [0, 0.05) is 12.6 Å². The summed E-state index contributed by atoms with van der Waals surface area (Å²) in [5.74, 6) is -0.199. The number of ether oxygens (including phenoxy) is 1. The molecule has 0 fully saturated rings. The molecule has 5 heteroatoms. The van der Waals surface area contributed by atoms with Gasteiger partial charge in [0.15, 0.2) is 0 Å². The number of carboxylic acid groups (broad SMARTS) is 1. The van der Waals surface area contributed by atoms with E-state index in [0.717, 1.165) is 24.2 Å². The minimum absolute atomic E-state index is 0.138. The average Bonchev–Trinajstić information content (AvgIpc) is 2.56. The number of aromatic carboxylic acids is 1. The first-order valence-electron chi connectivity index (χ1n) is 7.59. The third-order valence-electron chi connectivity index (χ3n) is 3.39. The molecule has 0 saturated heterocycles. The zero-order valence-electron chi connectivity index (χ0n) is 13.1. The first-order valence-corrected chi connectivity index (χ1v) is 7.59. The molecule has 0 aliphatic rings. The van der Waals surface area contributed by atoms with Crippen molar-refractivity contribution in [2.75, 3.05) is 6.61 Å². The molecule has 23 heavy (non-hydrogen) atoms. The number of carboxylic acids is 1. The Morgan fingerprint density at radius 2 is 2.00 bits per heavy atom. The van der Waals surface area contributed by atoms with Crippen LogP contribution in [0.5, 0.6) is 5.75 Å². The molecule has 0 saturated carbocycles. The number of hydrogen-bond acceptors (Lipinski definition) is 4. The Kier molecular flexibility index (Phi) is 5.86. The van der Waals surface area contributed by atoms with E-state index in [2.05, 4.69) is 11.9 Å². The molecule has 120 valence electrons. The zero-order valence-corrected chi connectivity index (χ0v) is 13.1. The van der Waals surface area contributed by atoms with E-state index < -0.39 is 5.97 Å². The van der Waals surface area contributed by atoms with Crippen LogP contribution in [0, 0.1) is 5.41 Å². The van der Waals surface area contributed by atoms with E-state index in [0.29, 0.717) is 18.7 Å². The molecule has 0 aliphatic carbocycles. The molecule has 0 atom stereocenters. The molecule has 5 nitrogen and oxygen atoms in total. The second-order valence-electron chi connectivity index (χ2n) is 5.24. The van der Waals surface area contributed by atoms with Gasteiger partial charge in [-0.25, -0.2) is 4.79 Å². The first kappa shape index (κ1) is 16.7. The SMILES string of the molecule is CCCCOc1ccc(CC(=N)c2cc(C(=O)O)ccn2)cc1. The molecule has 2 N–H and O–H groups in total. The van der Waals surface area contributed by atoms with Crippen molar-refractivity contribution in [2.24, 2.45) is 0 Å². The van der Waals surface area contributed by atoms with Crippen LogP contribution in [0.15, 0.2) is 42.6 Å². The van der Waals surface area contributed by atoms with E-state index in [1.165, 1.54) is 18.3 Å². The normalized spacial score (nSPS) is 10.3. The van der Waals surface area contributed by atoms with Crippen LogP contribution in [0.3, 0.4) is 0 Å². The third-order valence-corrected chi connectivity index (χ3v) is 3.39. The van der Waals surface area contributed by atoms with Gasteiger partial charge in [-0.1, -0.05) is 25.5 Å². The fraction of sp³-hybridized carbons (Fsp3) is 0.278. The van der Waals surface area contributed by atoms with Crippen LogP contribution in [0.2, 0.25) is 0 Å². The lowest BCUT2D eigenvalue weighted by molar-refractivity contribution is 0.0696. The maximum Gasteiger partial charge on any atom is 0.335 e. The van der Waals surface area contributed by atoms with E-state index in [9.17, 15) is 4.79 Å². The van der Waals surface area contributed by atoms with Crippen molar-refractivity contribution in [1.82, 2.24) is 4.98 Å². The minimum atomic E-state index is -1.02. The summed E-state index contributed by atoms with van der Waals surface area (Å²) in [6, 6.07) is 10.4. The molecule has 1 heterocycles. The Hall–Kier alpha value is -2.69. The van der Waals surface area contributed by atoms with Crippen molar-refractivity contribution in [1.29, 1.82) is 5.41 Å². The van der Waals surface area contributed by atoms with Crippen molar-refractivity contribution in [2.45, 2.75) is 26.2 Å². The topological polar surface area (TPSA) is 83.3 Å². The second-order valence-corrected chi connectivity index (χ2v) is 5.24. The fourth-order valence-electron chi connectivity index (χ4n) is 2.06. The van der Waals surface area contributed by atoms with Gasteiger partial charge in [-0.05, 0) is 36.2 Å². The van der Waals surface area contributed by atoms with E-state index in [1.54, 1.807) is 0 Å². The largest absolute Gasteiger partial charge is 0.494 e. The lowest BCUT2D eigenvalue weighted by Crippen LogP contribution is -2.08. The number of nitrogens with one attached hydrogen (secondary N) is 1. The van der Waals surface area contributed by atoms with Gasteiger partial charge in [0.05, 0.1) is 23.6 Å². The Bertz CT molecular complexity index is 681. The average molecular weight is 312 g/mol. The number of unbranched alkanes of at least 4 members (excludes halogenated alkanes) is 1. The van der Waals surface area contributed by atoms with Crippen LogP contribution >= 0.6 is 0 Å². The number of pyridine rings is 1.